The minimum absolute atomic E-state index is 0.220. The van der Waals surface area contributed by atoms with Gasteiger partial charge >= 0.3 is 0 Å². The van der Waals surface area contributed by atoms with Gasteiger partial charge < -0.3 is 0 Å². The topological polar surface area (TPSA) is 0 Å². The molecule has 1 aliphatic carbocycles. The Kier molecular flexibility index (Phi) is 5.70. The van der Waals surface area contributed by atoms with Crippen molar-refractivity contribution in [2.75, 3.05) is 0 Å². The second kappa shape index (κ2) is 7.08. The van der Waals surface area contributed by atoms with Crippen LogP contribution in [0.15, 0.2) is 18.6 Å². The van der Waals surface area contributed by atoms with E-state index in [-0.39, 0.29) is 5.41 Å². The number of fused-ring (bicyclic) bond motifs is 1. The van der Waals surface area contributed by atoms with E-state index in [1.165, 1.54) is 32.9 Å². The van der Waals surface area contributed by atoms with Crippen molar-refractivity contribution in [2.45, 2.75) is 60.8 Å². The molecule has 0 bridgehead atoms. The molecule has 1 aromatic rings. The predicted octanol–water partition coefficient (Wildman–Crippen LogP) is 6.42. The molecule has 2 rings (SSSR count). The minimum Gasteiger partial charge on any atom is -0.135 e. The van der Waals surface area contributed by atoms with Gasteiger partial charge in [-0.3, -0.25) is 0 Å². The van der Waals surface area contributed by atoms with Crippen molar-refractivity contribution >= 4 is 36.9 Å². The van der Waals surface area contributed by atoms with Crippen molar-refractivity contribution < 1.29 is 0 Å². The van der Waals surface area contributed by atoms with Crippen LogP contribution in [0.2, 0.25) is 0 Å². The van der Waals surface area contributed by atoms with Crippen LogP contribution in [0.1, 0.15) is 75.3 Å². The summed E-state index contributed by atoms with van der Waals surface area (Å²) in [4.78, 5) is 2.85. The van der Waals surface area contributed by atoms with E-state index in [9.17, 15) is 0 Å². The first-order valence-corrected chi connectivity index (χ1v) is 10.0. The molecule has 1 aromatic heterocycles. The molecule has 0 fully saturated rings. The highest BCUT2D eigenvalue weighted by Gasteiger charge is 2.33. The van der Waals surface area contributed by atoms with E-state index < -0.39 is 0 Å². The van der Waals surface area contributed by atoms with Gasteiger partial charge in [0, 0.05) is 9.75 Å². The molecule has 0 spiro atoms. The summed E-state index contributed by atoms with van der Waals surface area (Å²) in [6, 6.07) is 0. The summed E-state index contributed by atoms with van der Waals surface area (Å²) in [6.07, 6.45) is 10.4. The van der Waals surface area contributed by atoms with Gasteiger partial charge in [0.25, 0.3) is 0 Å². The Balaban J connectivity index is 2.50. The Morgan fingerprint density at radius 1 is 1.29 bits per heavy atom. The average molecular weight is 340 g/mol. The maximum Gasteiger partial charge on any atom is 0.129 e. The third kappa shape index (κ3) is 4.33. The Labute approximate surface area is 154 Å². The first-order valence-electron chi connectivity index (χ1n) is 9.18. The fourth-order valence-electron chi connectivity index (χ4n) is 3.61. The maximum absolute atomic E-state index is 4.61. The van der Waals surface area contributed by atoms with E-state index in [4.69, 9.17) is 0 Å². The second-order valence-corrected chi connectivity index (χ2v) is 10.4. The number of rotatable bonds is 4. The van der Waals surface area contributed by atoms with Crippen LogP contribution >= 0.6 is 11.3 Å². The molecule has 24 heavy (non-hydrogen) atoms. The van der Waals surface area contributed by atoms with Gasteiger partial charge in [0.1, 0.15) is 7.85 Å². The molecule has 0 amide bonds. The van der Waals surface area contributed by atoms with Crippen LogP contribution < -0.4 is 0 Å². The lowest BCUT2D eigenvalue weighted by Crippen LogP contribution is -2.26. The third-order valence-electron chi connectivity index (χ3n) is 4.82. The zero-order chi connectivity index (χ0) is 18.1. The van der Waals surface area contributed by atoms with E-state index in [1.807, 2.05) is 11.3 Å². The number of hydrogen-bond acceptors (Lipinski definition) is 1. The van der Waals surface area contributed by atoms with Gasteiger partial charge in [0.2, 0.25) is 0 Å². The summed E-state index contributed by atoms with van der Waals surface area (Å²) < 4.78 is 0. The third-order valence-corrected chi connectivity index (χ3v) is 6.11. The SMILES string of the molecule is B/C=C/c1c(C(=C)C(CC(C)(C)C)C(C)(C)C)sc2c1CCC=C2. The Hall–Kier alpha value is -1.02. The van der Waals surface area contributed by atoms with Crippen LogP contribution in [-0.4, -0.2) is 7.85 Å². The molecule has 0 aromatic carbocycles. The van der Waals surface area contributed by atoms with Crippen LogP contribution in [0.5, 0.6) is 0 Å². The number of hydrogen-bond donors (Lipinski definition) is 0. The Bertz CT molecular complexity index is 659. The van der Waals surface area contributed by atoms with Crippen molar-refractivity contribution in [2.24, 2.45) is 16.7 Å². The van der Waals surface area contributed by atoms with E-state index in [1.54, 1.807) is 0 Å². The van der Waals surface area contributed by atoms with Gasteiger partial charge in [-0.15, -0.1) is 17.3 Å². The molecule has 130 valence electrons. The fraction of sp³-hybridized carbons (Fsp3) is 0.545. The monoisotopic (exact) mass is 340 g/mol. The van der Waals surface area contributed by atoms with Crippen molar-refractivity contribution in [1.82, 2.24) is 0 Å². The van der Waals surface area contributed by atoms with Crippen LogP contribution in [0.4, 0.5) is 0 Å². The molecule has 1 unspecified atom stereocenters. The summed E-state index contributed by atoms with van der Waals surface area (Å²) in [5.41, 5.74) is 4.81. The van der Waals surface area contributed by atoms with Crippen molar-refractivity contribution in [3.63, 3.8) is 0 Å². The minimum atomic E-state index is 0.220. The first-order chi connectivity index (χ1) is 11.0. The van der Waals surface area contributed by atoms with Gasteiger partial charge in [0.05, 0.1) is 0 Å². The van der Waals surface area contributed by atoms with Gasteiger partial charge in [-0.2, -0.15) is 0 Å². The smallest absolute Gasteiger partial charge is 0.129 e. The Morgan fingerprint density at radius 3 is 2.50 bits per heavy atom. The summed E-state index contributed by atoms with van der Waals surface area (Å²) in [6.45, 7) is 18.7. The molecular formula is C22H33BS. The van der Waals surface area contributed by atoms with Gasteiger partial charge in [-0.1, -0.05) is 60.3 Å². The average Bonchev–Trinajstić information content (AvgIpc) is 2.82. The van der Waals surface area contributed by atoms with E-state index in [0.29, 0.717) is 11.3 Å². The van der Waals surface area contributed by atoms with Crippen molar-refractivity contribution in [3.05, 3.63) is 39.5 Å². The standard InChI is InChI=1S/C22H33BS/c1-15(18(22(5,6)7)14-21(2,3)4)20-17(12-13-23)16-10-8-9-11-19(16)24-20/h9,11-13,18H,1,8,10,14,23H2,2-7H3/b13-12+. The molecule has 2 heteroatoms. The highest BCUT2D eigenvalue weighted by molar-refractivity contribution is 7.14. The zero-order valence-corrected chi connectivity index (χ0v) is 17.4. The van der Waals surface area contributed by atoms with Gasteiger partial charge in [-0.25, -0.2) is 0 Å². The van der Waals surface area contributed by atoms with Gasteiger partial charge in [0.15, 0.2) is 0 Å². The highest BCUT2D eigenvalue weighted by atomic mass is 32.1. The molecule has 1 heterocycles. The lowest BCUT2D eigenvalue weighted by molar-refractivity contribution is 0.215. The molecule has 0 aliphatic heterocycles. The lowest BCUT2D eigenvalue weighted by atomic mass is 9.68. The summed E-state index contributed by atoms with van der Waals surface area (Å²) >= 11 is 1.94. The van der Waals surface area contributed by atoms with E-state index in [0.717, 1.165) is 12.8 Å². The molecule has 0 N–H and O–H groups in total. The molecule has 1 aliphatic rings. The van der Waals surface area contributed by atoms with Crippen molar-refractivity contribution in [3.8, 4) is 0 Å². The molecule has 1 atom stereocenters. The lowest BCUT2D eigenvalue weighted by Gasteiger charge is -2.37. The van der Waals surface area contributed by atoms with Crippen LogP contribution in [0.25, 0.3) is 17.7 Å². The van der Waals surface area contributed by atoms with Gasteiger partial charge in [-0.05, 0) is 58.8 Å². The number of allylic oxidation sites excluding steroid dienone is 2. The summed E-state index contributed by atoms with van der Waals surface area (Å²) in [5.74, 6) is 2.67. The largest absolute Gasteiger partial charge is 0.135 e. The van der Waals surface area contributed by atoms with E-state index in [2.05, 4.69) is 80.2 Å². The normalized spacial score (nSPS) is 16.4. The van der Waals surface area contributed by atoms with Crippen molar-refractivity contribution in [1.29, 1.82) is 0 Å². The molecule has 0 nitrogen and oxygen atoms in total. The summed E-state index contributed by atoms with van der Waals surface area (Å²) in [5, 5.41) is 0. The van der Waals surface area contributed by atoms with Crippen LogP contribution in [0, 0.1) is 16.7 Å². The second-order valence-electron chi connectivity index (χ2n) is 9.34. The molecular weight excluding hydrogens is 307 g/mol. The van der Waals surface area contributed by atoms with Crippen LogP contribution in [-0.2, 0) is 6.42 Å². The fourth-order valence-corrected chi connectivity index (χ4v) is 4.90. The summed E-state index contributed by atoms with van der Waals surface area (Å²) in [7, 11) is 2.12. The zero-order valence-electron chi connectivity index (χ0n) is 16.6. The quantitative estimate of drug-likeness (QED) is 0.555. The first kappa shape index (κ1) is 19.3. The Morgan fingerprint density at radius 2 is 1.96 bits per heavy atom. The molecule has 0 saturated carbocycles. The van der Waals surface area contributed by atoms with E-state index >= 15 is 0 Å². The molecule has 0 radical (unpaired) electrons. The van der Waals surface area contributed by atoms with Crippen LogP contribution in [0.3, 0.4) is 0 Å². The highest BCUT2D eigenvalue weighted by Crippen LogP contribution is 2.47. The number of thiophene rings is 1. The predicted molar refractivity (Wildman–Crippen MR) is 115 cm³/mol. The molecule has 0 saturated heterocycles. The maximum atomic E-state index is 4.61.